The molecule has 1 heterocycles. The Morgan fingerprint density at radius 3 is 3.08 bits per heavy atom. The molecule has 0 saturated heterocycles. The molecule has 0 spiro atoms. The van der Waals surface area contributed by atoms with E-state index in [9.17, 15) is 4.39 Å². The Balaban J connectivity index is 2.72. The lowest BCUT2D eigenvalue weighted by Crippen LogP contribution is -1.91. The molecule has 4 heteroatoms. The van der Waals surface area contributed by atoms with Gasteiger partial charge in [-0.2, -0.15) is 0 Å². The van der Waals surface area contributed by atoms with Gasteiger partial charge in [-0.15, -0.1) is 0 Å². The number of hydrogen-bond acceptors (Lipinski definition) is 1. The standard InChI is InChI=1S/C8H4BrClFN/c9-7-5-3-12-2-4(5)1-6(10)8(7)11/h1-2H,3H2. The van der Waals surface area contributed by atoms with E-state index in [1.165, 1.54) is 0 Å². The molecule has 0 bridgehead atoms. The summed E-state index contributed by atoms with van der Waals surface area (Å²) in [6, 6.07) is 1.59. The van der Waals surface area contributed by atoms with E-state index in [4.69, 9.17) is 11.6 Å². The Morgan fingerprint density at radius 1 is 1.58 bits per heavy atom. The van der Waals surface area contributed by atoms with Gasteiger partial charge in [-0.1, -0.05) is 11.6 Å². The van der Waals surface area contributed by atoms with Gasteiger partial charge < -0.3 is 0 Å². The number of nitrogens with zero attached hydrogens (tertiary/aromatic N) is 1. The van der Waals surface area contributed by atoms with E-state index >= 15 is 0 Å². The number of aliphatic imine (C=N–C) groups is 1. The van der Waals surface area contributed by atoms with Crippen molar-refractivity contribution in [3.63, 3.8) is 0 Å². The highest BCUT2D eigenvalue weighted by Gasteiger charge is 2.16. The normalized spacial score (nSPS) is 13.6. The zero-order valence-corrected chi connectivity index (χ0v) is 8.28. The molecule has 0 saturated carbocycles. The molecule has 2 rings (SSSR count). The van der Waals surface area contributed by atoms with E-state index in [1.807, 2.05) is 0 Å². The van der Waals surface area contributed by atoms with Crippen LogP contribution < -0.4 is 0 Å². The maximum absolute atomic E-state index is 13.2. The molecule has 0 N–H and O–H groups in total. The van der Waals surface area contributed by atoms with E-state index in [0.717, 1.165) is 11.1 Å². The molecular weight excluding hydrogens is 244 g/mol. The highest BCUT2D eigenvalue weighted by atomic mass is 79.9. The maximum atomic E-state index is 13.2. The van der Waals surface area contributed by atoms with Gasteiger partial charge in [0, 0.05) is 11.8 Å². The fraction of sp³-hybridized carbons (Fsp3) is 0.125. The Morgan fingerprint density at radius 2 is 2.33 bits per heavy atom. The van der Waals surface area contributed by atoms with Crippen molar-refractivity contribution >= 4 is 33.7 Å². The van der Waals surface area contributed by atoms with Gasteiger partial charge >= 0.3 is 0 Å². The van der Waals surface area contributed by atoms with E-state index in [1.54, 1.807) is 12.3 Å². The third kappa shape index (κ3) is 1.08. The van der Waals surface area contributed by atoms with Crippen molar-refractivity contribution in [2.45, 2.75) is 6.54 Å². The molecule has 1 aliphatic rings. The first-order chi connectivity index (χ1) is 5.70. The highest BCUT2D eigenvalue weighted by Crippen LogP contribution is 2.31. The highest BCUT2D eigenvalue weighted by molar-refractivity contribution is 9.10. The molecule has 0 aromatic heterocycles. The van der Waals surface area contributed by atoms with Crippen molar-refractivity contribution in [1.82, 2.24) is 0 Å². The van der Waals surface area contributed by atoms with E-state index in [0.29, 0.717) is 11.0 Å². The summed E-state index contributed by atoms with van der Waals surface area (Å²) in [6.45, 7) is 0.532. The van der Waals surface area contributed by atoms with Crippen LogP contribution in [0.4, 0.5) is 4.39 Å². The molecule has 0 amide bonds. The first kappa shape index (κ1) is 8.20. The summed E-state index contributed by atoms with van der Waals surface area (Å²) in [5, 5.41) is 0.133. The minimum absolute atomic E-state index is 0.133. The van der Waals surface area contributed by atoms with Gasteiger partial charge in [-0.05, 0) is 27.6 Å². The molecule has 0 unspecified atom stereocenters. The molecule has 1 aliphatic heterocycles. The summed E-state index contributed by atoms with van der Waals surface area (Å²) in [6.07, 6.45) is 1.70. The molecule has 1 aromatic carbocycles. The topological polar surface area (TPSA) is 12.4 Å². The van der Waals surface area contributed by atoms with Gasteiger partial charge in [-0.25, -0.2) is 4.39 Å². The summed E-state index contributed by atoms with van der Waals surface area (Å²) in [5.74, 6) is -0.402. The molecule has 0 radical (unpaired) electrons. The Bertz CT molecular complexity index is 376. The van der Waals surface area contributed by atoms with Crippen LogP contribution in [-0.2, 0) is 6.54 Å². The third-order valence-electron chi connectivity index (χ3n) is 1.78. The fourth-order valence-corrected chi connectivity index (χ4v) is 2.06. The molecule has 12 heavy (non-hydrogen) atoms. The lowest BCUT2D eigenvalue weighted by molar-refractivity contribution is 0.619. The minimum atomic E-state index is -0.402. The Kier molecular flexibility index (Phi) is 1.93. The lowest BCUT2D eigenvalue weighted by Gasteiger charge is -2.03. The second-order valence-electron chi connectivity index (χ2n) is 2.52. The number of rotatable bonds is 0. The second kappa shape index (κ2) is 2.82. The summed E-state index contributed by atoms with van der Waals surface area (Å²) in [5.41, 5.74) is 1.77. The van der Waals surface area contributed by atoms with Gasteiger partial charge in [0.2, 0.25) is 0 Å². The average molecular weight is 248 g/mol. The number of halogens is 3. The van der Waals surface area contributed by atoms with Crippen molar-refractivity contribution < 1.29 is 4.39 Å². The van der Waals surface area contributed by atoms with Crippen molar-refractivity contribution in [3.8, 4) is 0 Å². The van der Waals surface area contributed by atoms with E-state index in [-0.39, 0.29) is 5.02 Å². The predicted molar refractivity (Wildman–Crippen MR) is 50.4 cm³/mol. The van der Waals surface area contributed by atoms with Gasteiger partial charge in [0.05, 0.1) is 16.0 Å². The smallest absolute Gasteiger partial charge is 0.156 e. The van der Waals surface area contributed by atoms with Crippen molar-refractivity contribution in [3.05, 3.63) is 32.5 Å². The summed E-state index contributed by atoms with van der Waals surface area (Å²) >= 11 is 8.77. The largest absolute Gasteiger partial charge is 0.288 e. The SMILES string of the molecule is Fc1c(Cl)cc2c(c1Br)CN=C2. The molecule has 0 fully saturated rings. The lowest BCUT2D eigenvalue weighted by atomic mass is 10.1. The Hall–Kier alpha value is -0.410. The summed E-state index contributed by atoms with van der Waals surface area (Å²) in [7, 11) is 0. The van der Waals surface area contributed by atoms with Crippen LogP contribution >= 0.6 is 27.5 Å². The number of fused-ring (bicyclic) bond motifs is 1. The first-order valence-corrected chi connectivity index (χ1v) is 4.53. The molecule has 0 atom stereocenters. The molecule has 0 aliphatic carbocycles. The van der Waals surface area contributed by atoms with Crippen LogP contribution in [0.25, 0.3) is 0 Å². The van der Waals surface area contributed by atoms with Crippen LogP contribution in [0.3, 0.4) is 0 Å². The molecule has 1 nitrogen and oxygen atoms in total. The quantitative estimate of drug-likeness (QED) is 0.625. The molecule has 1 aromatic rings. The Labute approximate surface area is 82.4 Å². The van der Waals surface area contributed by atoms with Crippen LogP contribution in [0.1, 0.15) is 11.1 Å². The van der Waals surface area contributed by atoms with Crippen LogP contribution in [0, 0.1) is 5.82 Å². The van der Waals surface area contributed by atoms with Crippen LogP contribution in [0.2, 0.25) is 5.02 Å². The zero-order chi connectivity index (χ0) is 8.72. The number of benzene rings is 1. The van der Waals surface area contributed by atoms with Gasteiger partial charge in [-0.3, -0.25) is 4.99 Å². The van der Waals surface area contributed by atoms with E-state index < -0.39 is 5.82 Å². The number of hydrogen-bond donors (Lipinski definition) is 0. The average Bonchev–Trinajstić information content (AvgIpc) is 2.48. The van der Waals surface area contributed by atoms with Crippen molar-refractivity contribution in [2.75, 3.05) is 0 Å². The monoisotopic (exact) mass is 247 g/mol. The fourth-order valence-electron chi connectivity index (χ4n) is 1.16. The maximum Gasteiger partial charge on any atom is 0.156 e. The summed E-state index contributed by atoms with van der Waals surface area (Å²) in [4.78, 5) is 4.01. The van der Waals surface area contributed by atoms with Crippen LogP contribution in [-0.4, -0.2) is 6.21 Å². The minimum Gasteiger partial charge on any atom is -0.288 e. The van der Waals surface area contributed by atoms with Gasteiger partial charge in [0.15, 0.2) is 5.82 Å². The molecular formula is C8H4BrClFN. The van der Waals surface area contributed by atoms with Crippen molar-refractivity contribution in [1.29, 1.82) is 0 Å². The third-order valence-corrected chi connectivity index (χ3v) is 2.88. The van der Waals surface area contributed by atoms with Crippen LogP contribution in [0.5, 0.6) is 0 Å². The predicted octanol–water partition coefficient (Wildman–Crippen LogP) is 3.17. The van der Waals surface area contributed by atoms with Crippen molar-refractivity contribution in [2.24, 2.45) is 4.99 Å². The second-order valence-corrected chi connectivity index (χ2v) is 3.72. The van der Waals surface area contributed by atoms with Gasteiger partial charge in [0.1, 0.15) is 0 Å². The molecule has 62 valence electrons. The first-order valence-electron chi connectivity index (χ1n) is 3.36. The van der Waals surface area contributed by atoms with E-state index in [2.05, 4.69) is 20.9 Å². The zero-order valence-electron chi connectivity index (χ0n) is 5.94. The summed E-state index contributed by atoms with van der Waals surface area (Å²) < 4.78 is 13.6. The van der Waals surface area contributed by atoms with Gasteiger partial charge in [0.25, 0.3) is 0 Å². The van der Waals surface area contributed by atoms with Crippen LogP contribution in [0.15, 0.2) is 15.5 Å².